The molecule has 0 bridgehead atoms. The number of carbonyl (C=O) groups is 1. The quantitative estimate of drug-likeness (QED) is 0.843. The summed E-state index contributed by atoms with van der Waals surface area (Å²) in [4.78, 5) is 12.3. The number of rotatable bonds is 2. The van der Waals surface area contributed by atoms with Crippen molar-refractivity contribution < 1.29 is 4.79 Å². The molecule has 1 amide bonds. The van der Waals surface area contributed by atoms with Crippen molar-refractivity contribution in [1.82, 2.24) is 0 Å². The highest BCUT2D eigenvalue weighted by Gasteiger charge is 2.28. The molecule has 0 aliphatic heterocycles. The highest BCUT2D eigenvalue weighted by atomic mass is 16.1. The van der Waals surface area contributed by atoms with Gasteiger partial charge in [0.25, 0.3) is 0 Å². The minimum atomic E-state index is -0.0290. The molecule has 1 aromatic rings. The second kappa shape index (κ2) is 5.53. The van der Waals surface area contributed by atoms with Gasteiger partial charge in [-0.1, -0.05) is 25.0 Å². The molecular formula is C15H22N2O. The number of hydrogen-bond acceptors (Lipinski definition) is 2. The average Bonchev–Trinajstić information content (AvgIpc) is 2.34. The maximum atomic E-state index is 12.3. The summed E-state index contributed by atoms with van der Waals surface area (Å²) in [5.41, 5.74) is 9.21. The zero-order chi connectivity index (χ0) is 13.1. The lowest BCUT2D eigenvalue weighted by atomic mass is 9.84. The molecule has 0 saturated heterocycles. The number of anilines is 1. The largest absolute Gasteiger partial charge is 0.327 e. The van der Waals surface area contributed by atoms with Crippen LogP contribution in [0.3, 0.4) is 0 Å². The third-order valence-electron chi connectivity index (χ3n) is 3.81. The van der Waals surface area contributed by atoms with Crippen LogP contribution in [0.5, 0.6) is 0 Å². The van der Waals surface area contributed by atoms with E-state index >= 15 is 0 Å². The monoisotopic (exact) mass is 246 g/mol. The fourth-order valence-electron chi connectivity index (χ4n) is 2.58. The van der Waals surface area contributed by atoms with Crippen molar-refractivity contribution in [3.05, 3.63) is 29.3 Å². The van der Waals surface area contributed by atoms with Crippen LogP contribution in [-0.2, 0) is 4.79 Å². The summed E-state index contributed by atoms with van der Waals surface area (Å²) in [5.74, 6) is 0.0505. The van der Waals surface area contributed by atoms with E-state index < -0.39 is 0 Å². The standard InChI is InChI=1S/C15H22N2O/c1-10-7-8-11(2)14(9-10)17-15(18)12-5-3-4-6-13(12)16/h7-9,12-13H,3-6,16H2,1-2H3,(H,17,18). The summed E-state index contributed by atoms with van der Waals surface area (Å²) in [5, 5.41) is 3.03. The number of aryl methyl sites for hydroxylation is 2. The predicted molar refractivity (Wildman–Crippen MR) is 74.5 cm³/mol. The molecule has 3 nitrogen and oxygen atoms in total. The van der Waals surface area contributed by atoms with E-state index in [-0.39, 0.29) is 17.9 Å². The predicted octanol–water partition coefficient (Wildman–Crippen LogP) is 2.76. The van der Waals surface area contributed by atoms with Crippen molar-refractivity contribution in [3.63, 3.8) is 0 Å². The minimum Gasteiger partial charge on any atom is -0.327 e. The van der Waals surface area contributed by atoms with Crippen LogP contribution in [0.25, 0.3) is 0 Å². The second-order valence-electron chi connectivity index (χ2n) is 5.36. The molecule has 0 spiro atoms. The fraction of sp³-hybridized carbons (Fsp3) is 0.533. The molecule has 1 fully saturated rings. The second-order valence-corrected chi connectivity index (χ2v) is 5.36. The molecule has 2 atom stereocenters. The normalized spacial score (nSPS) is 23.7. The fourth-order valence-corrected chi connectivity index (χ4v) is 2.58. The van der Waals surface area contributed by atoms with Crippen LogP contribution < -0.4 is 11.1 Å². The van der Waals surface area contributed by atoms with Crippen molar-refractivity contribution in [2.75, 3.05) is 5.32 Å². The molecule has 2 rings (SSSR count). The number of benzene rings is 1. The Morgan fingerprint density at radius 3 is 2.72 bits per heavy atom. The summed E-state index contributed by atoms with van der Waals surface area (Å²) in [7, 11) is 0. The molecule has 3 N–H and O–H groups in total. The zero-order valence-corrected chi connectivity index (χ0v) is 11.2. The van der Waals surface area contributed by atoms with Crippen molar-refractivity contribution in [2.45, 2.75) is 45.6 Å². The van der Waals surface area contributed by atoms with E-state index in [1.54, 1.807) is 0 Å². The van der Waals surface area contributed by atoms with E-state index in [2.05, 4.69) is 11.4 Å². The van der Waals surface area contributed by atoms with Crippen molar-refractivity contribution in [3.8, 4) is 0 Å². The van der Waals surface area contributed by atoms with Gasteiger partial charge in [0.05, 0.1) is 5.92 Å². The van der Waals surface area contributed by atoms with E-state index in [0.717, 1.165) is 42.5 Å². The molecule has 0 aromatic heterocycles. The molecule has 3 heteroatoms. The summed E-state index contributed by atoms with van der Waals surface area (Å²) >= 11 is 0. The lowest BCUT2D eigenvalue weighted by molar-refractivity contribution is -0.121. The van der Waals surface area contributed by atoms with Crippen LogP contribution in [0.2, 0.25) is 0 Å². The van der Waals surface area contributed by atoms with Crippen molar-refractivity contribution >= 4 is 11.6 Å². The van der Waals surface area contributed by atoms with E-state index in [9.17, 15) is 4.79 Å². The highest BCUT2D eigenvalue weighted by Crippen LogP contribution is 2.25. The Hall–Kier alpha value is -1.35. The summed E-state index contributed by atoms with van der Waals surface area (Å²) in [6, 6.07) is 6.12. The molecule has 1 aliphatic rings. The van der Waals surface area contributed by atoms with Crippen molar-refractivity contribution in [1.29, 1.82) is 0 Å². The molecule has 0 radical (unpaired) electrons. The molecule has 98 valence electrons. The van der Waals surface area contributed by atoms with Crippen LogP contribution in [0, 0.1) is 19.8 Å². The van der Waals surface area contributed by atoms with Gasteiger partial charge in [-0.15, -0.1) is 0 Å². The minimum absolute atomic E-state index is 0.0175. The number of nitrogens with one attached hydrogen (secondary N) is 1. The first kappa shape index (κ1) is 13.1. The van der Waals surface area contributed by atoms with Crippen LogP contribution in [-0.4, -0.2) is 11.9 Å². The maximum absolute atomic E-state index is 12.3. The van der Waals surface area contributed by atoms with E-state index in [1.807, 2.05) is 26.0 Å². The third kappa shape index (κ3) is 2.91. The average molecular weight is 246 g/mol. The first-order valence-electron chi connectivity index (χ1n) is 6.71. The Bertz CT molecular complexity index is 442. The number of amides is 1. The van der Waals surface area contributed by atoms with E-state index in [1.165, 1.54) is 0 Å². The van der Waals surface area contributed by atoms with Gasteiger partial charge >= 0.3 is 0 Å². The molecular weight excluding hydrogens is 224 g/mol. The third-order valence-corrected chi connectivity index (χ3v) is 3.81. The summed E-state index contributed by atoms with van der Waals surface area (Å²) in [6.45, 7) is 4.04. The molecule has 1 saturated carbocycles. The molecule has 1 aromatic carbocycles. The van der Waals surface area contributed by atoms with Gasteiger partial charge in [-0.25, -0.2) is 0 Å². The number of nitrogens with two attached hydrogens (primary N) is 1. The lowest BCUT2D eigenvalue weighted by Gasteiger charge is -2.27. The van der Waals surface area contributed by atoms with Gasteiger partial charge in [0.15, 0.2) is 0 Å². The Kier molecular flexibility index (Phi) is 4.02. The Morgan fingerprint density at radius 1 is 1.28 bits per heavy atom. The highest BCUT2D eigenvalue weighted by molar-refractivity contribution is 5.93. The van der Waals surface area contributed by atoms with Gasteiger partial charge in [0.1, 0.15) is 0 Å². The molecule has 0 heterocycles. The molecule has 18 heavy (non-hydrogen) atoms. The van der Waals surface area contributed by atoms with Gasteiger partial charge in [0, 0.05) is 11.7 Å². The van der Waals surface area contributed by atoms with Crippen LogP contribution in [0.4, 0.5) is 5.69 Å². The first-order valence-corrected chi connectivity index (χ1v) is 6.71. The van der Waals surface area contributed by atoms with Gasteiger partial charge < -0.3 is 11.1 Å². The summed E-state index contributed by atoms with van der Waals surface area (Å²) < 4.78 is 0. The van der Waals surface area contributed by atoms with Gasteiger partial charge in [-0.05, 0) is 43.9 Å². The van der Waals surface area contributed by atoms with E-state index in [0.29, 0.717) is 0 Å². The first-order chi connectivity index (χ1) is 8.58. The molecule has 1 aliphatic carbocycles. The number of hydrogen-bond donors (Lipinski definition) is 2. The Balaban J connectivity index is 2.08. The van der Waals surface area contributed by atoms with Gasteiger partial charge in [-0.2, -0.15) is 0 Å². The maximum Gasteiger partial charge on any atom is 0.229 e. The molecule has 2 unspecified atom stereocenters. The Morgan fingerprint density at radius 2 is 2.00 bits per heavy atom. The van der Waals surface area contributed by atoms with Crippen LogP contribution >= 0.6 is 0 Å². The smallest absolute Gasteiger partial charge is 0.229 e. The Labute approximate surface area is 109 Å². The van der Waals surface area contributed by atoms with Gasteiger partial charge in [0.2, 0.25) is 5.91 Å². The lowest BCUT2D eigenvalue weighted by Crippen LogP contribution is -2.40. The van der Waals surface area contributed by atoms with Gasteiger partial charge in [-0.3, -0.25) is 4.79 Å². The van der Waals surface area contributed by atoms with Crippen LogP contribution in [0.1, 0.15) is 36.8 Å². The summed E-state index contributed by atoms with van der Waals surface area (Å²) in [6.07, 6.45) is 4.13. The number of carbonyl (C=O) groups excluding carboxylic acids is 1. The SMILES string of the molecule is Cc1ccc(C)c(NC(=O)C2CCCCC2N)c1. The van der Waals surface area contributed by atoms with Crippen LogP contribution in [0.15, 0.2) is 18.2 Å². The van der Waals surface area contributed by atoms with E-state index in [4.69, 9.17) is 5.73 Å². The van der Waals surface area contributed by atoms with Crippen molar-refractivity contribution in [2.24, 2.45) is 11.7 Å². The zero-order valence-electron chi connectivity index (χ0n) is 11.2. The topological polar surface area (TPSA) is 55.1 Å².